The minimum absolute atomic E-state index is 0.366. The Morgan fingerprint density at radius 1 is 1.15 bits per heavy atom. The quantitative estimate of drug-likeness (QED) is 0.619. The summed E-state index contributed by atoms with van der Waals surface area (Å²) in [6.45, 7) is 5.51. The van der Waals surface area contributed by atoms with Crippen molar-refractivity contribution in [3.8, 4) is 0 Å². The molecule has 13 heavy (non-hydrogen) atoms. The summed E-state index contributed by atoms with van der Waals surface area (Å²) in [7, 11) is 0. The van der Waals surface area contributed by atoms with Gasteiger partial charge in [-0.05, 0) is 17.4 Å². The lowest BCUT2D eigenvalue weighted by atomic mass is 9.89. The lowest BCUT2D eigenvalue weighted by Crippen LogP contribution is -2.12. The van der Waals surface area contributed by atoms with Crippen LogP contribution in [0.4, 0.5) is 0 Å². The molecule has 1 aromatic rings. The van der Waals surface area contributed by atoms with Crippen molar-refractivity contribution in [3.63, 3.8) is 0 Å². The second kappa shape index (κ2) is 2.99. The molecule has 0 fully saturated rings. The molecule has 0 bridgehead atoms. The minimum atomic E-state index is 0.366. The van der Waals surface area contributed by atoms with Crippen LogP contribution in [0.25, 0.3) is 0 Å². The van der Waals surface area contributed by atoms with Crippen LogP contribution in [0.1, 0.15) is 25.8 Å². The number of hydrogen-bond donors (Lipinski definition) is 0. The fourth-order valence-corrected chi connectivity index (χ4v) is 1.70. The van der Waals surface area contributed by atoms with E-state index in [-0.39, 0.29) is 0 Å². The van der Waals surface area contributed by atoms with Crippen molar-refractivity contribution in [2.75, 3.05) is 6.54 Å². The number of aliphatic imine (C=N–C) groups is 1. The van der Waals surface area contributed by atoms with Crippen LogP contribution < -0.4 is 0 Å². The van der Waals surface area contributed by atoms with Crippen LogP contribution in [-0.2, 0) is 0 Å². The molecule has 1 aromatic carbocycles. The first-order valence-electron chi connectivity index (χ1n) is 4.76. The third kappa shape index (κ3) is 1.80. The van der Waals surface area contributed by atoms with Crippen LogP contribution in [0.15, 0.2) is 35.3 Å². The molecule has 0 saturated heterocycles. The van der Waals surface area contributed by atoms with Crippen LogP contribution in [-0.4, -0.2) is 12.3 Å². The van der Waals surface area contributed by atoms with E-state index in [1.54, 1.807) is 0 Å². The maximum absolute atomic E-state index is 4.58. The molecule has 0 radical (unpaired) electrons. The van der Waals surface area contributed by atoms with Crippen molar-refractivity contribution in [3.05, 3.63) is 35.9 Å². The van der Waals surface area contributed by atoms with Crippen molar-refractivity contribution >= 4 is 5.71 Å². The summed E-state index contributed by atoms with van der Waals surface area (Å²) < 4.78 is 0. The highest BCUT2D eigenvalue weighted by molar-refractivity contribution is 6.02. The lowest BCUT2D eigenvalue weighted by Gasteiger charge is -2.14. The van der Waals surface area contributed by atoms with Crippen LogP contribution >= 0.6 is 0 Å². The van der Waals surface area contributed by atoms with Crippen molar-refractivity contribution < 1.29 is 0 Å². The van der Waals surface area contributed by atoms with E-state index in [4.69, 9.17) is 0 Å². The largest absolute Gasteiger partial charge is 0.289 e. The first-order valence-corrected chi connectivity index (χ1v) is 4.76. The topological polar surface area (TPSA) is 12.4 Å². The summed E-state index contributed by atoms with van der Waals surface area (Å²) in [5.41, 5.74) is 2.92. The molecule has 0 amide bonds. The van der Waals surface area contributed by atoms with Gasteiger partial charge in [0.05, 0.1) is 0 Å². The Morgan fingerprint density at radius 3 is 2.38 bits per heavy atom. The maximum Gasteiger partial charge on any atom is 0.0447 e. The van der Waals surface area contributed by atoms with Crippen molar-refractivity contribution in [1.29, 1.82) is 0 Å². The predicted molar refractivity (Wildman–Crippen MR) is 56.2 cm³/mol. The SMILES string of the molecule is CC1(C)CN=C(c2ccccc2)C1. The van der Waals surface area contributed by atoms with Gasteiger partial charge in [0.15, 0.2) is 0 Å². The minimum Gasteiger partial charge on any atom is -0.289 e. The molecule has 0 N–H and O–H groups in total. The van der Waals surface area contributed by atoms with Crippen molar-refractivity contribution in [2.24, 2.45) is 10.4 Å². The molecule has 0 unspecified atom stereocenters. The van der Waals surface area contributed by atoms with E-state index in [2.05, 4.69) is 43.1 Å². The van der Waals surface area contributed by atoms with Gasteiger partial charge in [0, 0.05) is 12.3 Å². The molecule has 1 heterocycles. The molecule has 68 valence electrons. The van der Waals surface area contributed by atoms with Gasteiger partial charge >= 0.3 is 0 Å². The number of nitrogens with zero attached hydrogens (tertiary/aromatic N) is 1. The summed E-state index contributed by atoms with van der Waals surface area (Å²) in [6.07, 6.45) is 1.11. The molecule has 1 aliphatic rings. The Kier molecular flexibility index (Phi) is 1.95. The van der Waals surface area contributed by atoms with Gasteiger partial charge < -0.3 is 0 Å². The molecule has 0 aromatic heterocycles. The maximum atomic E-state index is 4.58. The molecule has 1 heteroatoms. The fraction of sp³-hybridized carbons (Fsp3) is 0.417. The van der Waals surface area contributed by atoms with E-state index in [1.807, 2.05) is 6.07 Å². The molecular formula is C12H15N. The highest BCUT2D eigenvalue weighted by Crippen LogP contribution is 2.29. The summed E-state index contributed by atoms with van der Waals surface area (Å²) >= 11 is 0. The van der Waals surface area contributed by atoms with E-state index in [0.717, 1.165) is 13.0 Å². The third-order valence-electron chi connectivity index (χ3n) is 2.45. The highest BCUT2D eigenvalue weighted by atomic mass is 14.8. The van der Waals surface area contributed by atoms with Gasteiger partial charge in [-0.15, -0.1) is 0 Å². The predicted octanol–water partition coefficient (Wildman–Crippen LogP) is 2.91. The van der Waals surface area contributed by atoms with E-state index >= 15 is 0 Å². The van der Waals surface area contributed by atoms with Crippen LogP contribution in [0, 0.1) is 5.41 Å². The summed E-state index contributed by atoms with van der Waals surface area (Å²) in [6, 6.07) is 10.5. The first kappa shape index (κ1) is 8.49. The second-order valence-corrected chi connectivity index (χ2v) is 4.47. The molecular weight excluding hydrogens is 158 g/mol. The summed E-state index contributed by atoms with van der Waals surface area (Å²) in [5.74, 6) is 0. The Balaban J connectivity index is 2.22. The Labute approximate surface area is 79.5 Å². The van der Waals surface area contributed by atoms with Gasteiger partial charge in [-0.2, -0.15) is 0 Å². The number of benzene rings is 1. The number of hydrogen-bond acceptors (Lipinski definition) is 1. The average Bonchev–Trinajstić information content (AvgIpc) is 2.48. The monoisotopic (exact) mass is 173 g/mol. The van der Waals surface area contributed by atoms with E-state index in [1.165, 1.54) is 11.3 Å². The molecule has 0 spiro atoms. The van der Waals surface area contributed by atoms with Gasteiger partial charge in [0.2, 0.25) is 0 Å². The fourth-order valence-electron chi connectivity index (χ4n) is 1.70. The molecule has 0 atom stereocenters. The molecule has 1 nitrogen and oxygen atoms in total. The Morgan fingerprint density at radius 2 is 1.85 bits per heavy atom. The first-order chi connectivity index (χ1) is 6.17. The van der Waals surface area contributed by atoms with Gasteiger partial charge in [0.25, 0.3) is 0 Å². The third-order valence-corrected chi connectivity index (χ3v) is 2.45. The van der Waals surface area contributed by atoms with Crippen LogP contribution in [0.3, 0.4) is 0 Å². The Hall–Kier alpha value is -1.11. The zero-order valence-electron chi connectivity index (χ0n) is 8.25. The molecule has 0 aliphatic carbocycles. The molecule has 1 aliphatic heterocycles. The highest BCUT2D eigenvalue weighted by Gasteiger charge is 2.26. The smallest absolute Gasteiger partial charge is 0.0447 e. The van der Waals surface area contributed by atoms with Gasteiger partial charge in [-0.25, -0.2) is 0 Å². The lowest BCUT2D eigenvalue weighted by molar-refractivity contribution is 0.423. The summed E-state index contributed by atoms with van der Waals surface area (Å²) in [4.78, 5) is 4.58. The zero-order chi connectivity index (χ0) is 9.31. The summed E-state index contributed by atoms with van der Waals surface area (Å²) in [5, 5.41) is 0. The van der Waals surface area contributed by atoms with Crippen molar-refractivity contribution in [1.82, 2.24) is 0 Å². The van der Waals surface area contributed by atoms with E-state index < -0.39 is 0 Å². The van der Waals surface area contributed by atoms with Gasteiger partial charge in [-0.3, -0.25) is 4.99 Å². The van der Waals surface area contributed by atoms with Crippen LogP contribution in [0.2, 0.25) is 0 Å². The van der Waals surface area contributed by atoms with Gasteiger partial charge in [-0.1, -0.05) is 44.2 Å². The van der Waals surface area contributed by atoms with E-state index in [9.17, 15) is 0 Å². The van der Waals surface area contributed by atoms with Crippen LogP contribution in [0.5, 0.6) is 0 Å². The zero-order valence-corrected chi connectivity index (χ0v) is 8.25. The molecule has 2 rings (SSSR count). The van der Waals surface area contributed by atoms with Gasteiger partial charge in [0.1, 0.15) is 0 Å². The normalized spacial score (nSPS) is 20.0. The second-order valence-electron chi connectivity index (χ2n) is 4.47. The average molecular weight is 173 g/mol. The Bertz CT molecular complexity index is 322. The number of rotatable bonds is 1. The van der Waals surface area contributed by atoms with Crippen molar-refractivity contribution in [2.45, 2.75) is 20.3 Å². The molecule has 0 saturated carbocycles. The van der Waals surface area contributed by atoms with E-state index in [0.29, 0.717) is 5.41 Å². The standard InChI is InChI=1S/C12H15N/c1-12(2)8-11(13-9-12)10-6-4-3-5-7-10/h3-7H,8-9H2,1-2H3.